The Morgan fingerprint density at radius 3 is 2.37 bits per heavy atom. The van der Waals surface area contributed by atoms with Crippen molar-refractivity contribution < 1.29 is 9.59 Å². The first kappa shape index (κ1) is 19.1. The SMILES string of the molecule is CC(=O)Nc1ccc(Nc2cc(C(=O)Nc3cccc4cccnc34)ccn2)cc1. The average Bonchev–Trinajstić information content (AvgIpc) is 2.75. The maximum Gasteiger partial charge on any atom is 0.255 e. The van der Waals surface area contributed by atoms with E-state index in [1.165, 1.54) is 6.92 Å². The lowest BCUT2D eigenvalue weighted by atomic mass is 10.1. The number of benzene rings is 2. The van der Waals surface area contributed by atoms with Crippen molar-refractivity contribution in [2.75, 3.05) is 16.0 Å². The Balaban J connectivity index is 1.50. The van der Waals surface area contributed by atoms with E-state index >= 15 is 0 Å². The van der Waals surface area contributed by atoms with Crippen molar-refractivity contribution >= 4 is 45.6 Å². The predicted molar refractivity (Wildman–Crippen MR) is 118 cm³/mol. The highest BCUT2D eigenvalue weighted by molar-refractivity contribution is 6.08. The Hall–Kier alpha value is -4.26. The molecule has 7 nitrogen and oxygen atoms in total. The van der Waals surface area contributed by atoms with Gasteiger partial charge in [-0.15, -0.1) is 0 Å². The zero-order valence-electron chi connectivity index (χ0n) is 16.2. The van der Waals surface area contributed by atoms with Gasteiger partial charge in [0.05, 0.1) is 11.2 Å². The molecule has 0 saturated heterocycles. The van der Waals surface area contributed by atoms with Crippen LogP contribution >= 0.6 is 0 Å². The number of rotatable bonds is 5. The molecule has 0 saturated carbocycles. The monoisotopic (exact) mass is 397 g/mol. The molecule has 0 spiro atoms. The fourth-order valence-electron chi connectivity index (χ4n) is 3.03. The first-order valence-electron chi connectivity index (χ1n) is 9.34. The number of anilines is 4. The number of aromatic nitrogens is 2. The minimum absolute atomic E-state index is 0.127. The number of amides is 2. The third-order valence-electron chi connectivity index (χ3n) is 4.38. The van der Waals surface area contributed by atoms with Crippen molar-refractivity contribution in [3.8, 4) is 0 Å². The van der Waals surface area contributed by atoms with E-state index in [0.717, 1.165) is 16.6 Å². The van der Waals surface area contributed by atoms with Gasteiger partial charge in [-0.2, -0.15) is 0 Å². The van der Waals surface area contributed by atoms with Crippen molar-refractivity contribution in [2.24, 2.45) is 0 Å². The van der Waals surface area contributed by atoms with Crippen LogP contribution in [0.3, 0.4) is 0 Å². The van der Waals surface area contributed by atoms with Gasteiger partial charge >= 0.3 is 0 Å². The summed E-state index contributed by atoms with van der Waals surface area (Å²) in [7, 11) is 0. The fourth-order valence-corrected chi connectivity index (χ4v) is 3.03. The third-order valence-corrected chi connectivity index (χ3v) is 4.38. The second-order valence-corrected chi connectivity index (χ2v) is 6.65. The highest BCUT2D eigenvalue weighted by Gasteiger charge is 2.10. The molecule has 4 rings (SSSR count). The molecule has 0 bridgehead atoms. The van der Waals surface area contributed by atoms with Crippen molar-refractivity contribution in [1.82, 2.24) is 9.97 Å². The summed E-state index contributed by atoms with van der Waals surface area (Å²) in [6.07, 6.45) is 3.27. The molecule has 2 amide bonds. The average molecular weight is 397 g/mol. The van der Waals surface area contributed by atoms with Gasteiger partial charge in [0.2, 0.25) is 5.91 Å². The smallest absolute Gasteiger partial charge is 0.255 e. The van der Waals surface area contributed by atoms with Crippen LogP contribution in [0.4, 0.5) is 22.9 Å². The van der Waals surface area contributed by atoms with Gasteiger partial charge in [0.15, 0.2) is 0 Å². The van der Waals surface area contributed by atoms with Crippen LogP contribution in [0.15, 0.2) is 79.1 Å². The van der Waals surface area contributed by atoms with Crippen LogP contribution in [0.2, 0.25) is 0 Å². The lowest BCUT2D eigenvalue weighted by Crippen LogP contribution is -2.13. The Labute approximate surface area is 173 Å². The number of nitrogens with one attached hydrogen (secondary N) is 3. The van der Waals surface area contributed by atoms with Gasteiger partial charge in [-0.25, -0.2) is 4.98 Å². The predicted octanol–water partition coefficient (Wildman–Crippen LogP) is 4.58. The summed E-state index contributed by atoms with van der Waals surface area (Å²) in [6, 6.07) is 20.0. The van der Waals surface area contributed by atoms with Crippen LogP contribution in [0.25, 0.3) is 10.9 Å². The first-order chi connectivity index (χ1) is 14.6. The molecule has 2 aromatic carbocycles. The highest BCUT2D eigenvalue weighted by Crippen LogP contribution is 2.22. The van der Waals surface area contributed by atoms with Gasteiger partial charge in [-0.05, 0) is 48.5 Å². The number of carbonyl (C=O) groups is 2. The van der Waals surface area contributed by atoms with E-state index in [1.54, 1.807) is 36.7 Å². The van der Waals surface area contributed by atoms with E-state index in [-0.39, 0.29) is 11.8 Å². The Morgan fingerprint density at radius 2 is 1.57 bits per heavy atom. The van der Waals surface area contributed by atoms with Crippen LogP contribution in [0.5, 0.6) is 0 Å². The van der Waals surface area contributed by atoms with Gasteiger partial charge < -0.3 is 16.0 Å². The van der Waals surface area contributed by atoms with E-state index in [1.807, 2.05) is 42.5 Å². The van der Waals surface area contributed by atoms with Crippen LogP contribution < -0.4 is 16.0 Å². The summed E-state index contributed by atoms with van der Waals surface area (Å²) >= 11 is 0. The number of nitrogens with zero attached hydrogens (tertiary/aromatic N) is 2. The summed E-state index contributed by atoms with van der Waals surface area (Å²) in [5.74, 6) is 0.156. The number of hydrogen-bond acceptors (Lipinski definition) is 5. The number of fused-ring (bicyclic) bond motifs is 1. The molecule has 2 heterocycles. The lowest BCUT2D eigenvalue weighted by Gasteiger charge is -2.10. The molecule has 0 aliphatic carbocycles. The Kier molecular flexibility index (Phi) is 5.34. The van der Waals surface area contributed by atoms with Gasteiger partial charge in [-0.3, -0.25) is 14.6 Å². The van der Waals surface area contributed by atoms with E-state index < -0.39 is 0 Å². The maximum absolute atomic E-state index is 12.8. The summed E-state index contributed by atoms with van der Waals surface area (Å²) in [5, 5.41) is 9.75. The normalized spacial score (nSPS) is 10.4. The second kappa shape index (κ2) is 8.40. The molecule has 148 valence electrons. The molecule has 0 fully saturated rings. The summed E-state index contributed by atoms with van der Waals surface area (Å²) < 4.78 is 0. The van der Waals surface area contributed by atoms with Crippen LogP contribution in [-0.4, -0.2) is 21.8 Å². The van der Waals surface area contributed by atoms with Crippen molar-refractivity contribution in [3.63, 3.8) is 0 Å². The first-order valence-corrected chi connectivity index (χ1v) is 9.34. The second-order valence-electron chi connectivity index (χ2n) is 6.65. The number of para-hydroxylation sites is 1. The van der Waals surface area contributed by atoms with Crippen LogP contribution in [-0.2, 0) is 4.79 Å². The molecule has 0 unspecified atom stereocenters. The number of carbonyl (C=O) groups excluding carboxylic acids is 2. The maximum atomic E-state index is 12.8. The number of hydrogen-bond donors (Lipinski definition) is 3. The van der Waals surface area contributed by atoms with E-state index in [9.17, 15) is 9.59 Å². The molecule has 30 heavy (non-hydrogen) atoms. The topological polar surface area (TPSA) is 96.0 Å². The number of pyridine rings is 2. The highest BCUT2D eigenvalue weighted by atomic mass is 16.2. The molecule has 0 aliphatic heterocycles. The van der Waals surface area contributed by atoms with Gasteiger partial charge in [0, 0.05) is 41.6 Å². The molecule has 0 radical (unpaired) electrons. The van der Waals surface area contributed by atoms with Gasteiger partial charge in [0.25, 0.3) is 5.91 Å². The molecule has 4 aromatic rings. The van der Waals surface area contributed by atoms with E-state index in [0.29, 0.717) is 22.8 Å². The minimum atomic E-state index is -0.250. The van der Waals surface area contributed by atoms with Gasteiger partial charge in [0.1, 0.15) is 5.82 Å². The summed E-state index contributed by atoms with van der Waals surface area (Å²) in [6.45, 7) is 1.46. The zero-order valence-corrected chi connectivity index (χ0v) is 16.2. The largest absolute Gasteiger partial charge is 0.340 e. The Bertz CT molecular complexity index is 1220. The molecule has 0 atom stereocenters. The lowest BCUT2D eigenvalue weighted by molar-refractivity contribution is -0.114. The van der Waals surface area contributed by atoms with Crippen molar-refractivity contribution in [2.45, 2.75) is 6.92 Å². The van der Waals surface area contributed by atoms with Crippen molar-refractivity contribution in [3.05, 3.63) is 84.7 Å². The van der Waals surface area contributed by atoms with E-state index in [2.05, 4.69) is 25.9 Å². The van der Waals surface area contributed by atoms with Crippen molar-refractivity contribution in [1.29, 1.82) is 0 Å². The molecule has 7 heteroatoms. The molecule has 3 N–H and O–H groups in total. The van der Waals surface area contributed by atoms with Gasteiger partial charge in [-0.1, -0.05) is 18.2 Å². The molecule has 0 aliphatic rings. The van der Waals surface area contributed by atoms with Crippen LogP contribution in [0.1, 0.15) is 17.3 Å². The Morgan fingerprint density at radius 1 is 0.800 bits per heavy atom. The zero-order chi connectivity index (χ0) is 20.9. The fraction of sp³-hybridized carbons (Fsp3) is 0.0435. The summed E-state index contributed by atoms with van der Waals surface area (Å²) in [5.41, 5.74) is 3.35. The minimum Gasteiger partial charge on any atom is -0.340 e. The third kappa shape index (κ3) is 4.41. The van der Waals surface area contributed by atoms with E-state index in [4.69, 9.17) is 0 Å². The summed E-state index contributed by atoms with van der Waals surface area (Å²) in [4.78, 5) is 32.5. The standard InChI is InChI=1S/C23H19N5O2/c1-15(29)26-18-7-9-19(10-8-18)27-21-14-17(11-13-24-21)23(30)28-20-6-2-4-16-5-3-12-25-22(16)20/h2-14H,1H3,(H,24,27)(H,26,29)(H,28,30). The molecular weight excluding hydrogens is 378 g/mol. The molecular formula is C23H19N5O2. The molecule has 2 aromatic heterocycles. The van der Waals surface area contributed by atoms with Crippen LogP contribution in [0, 0.1) is 0 Å². The quantitative estimate of drug-likeness (QED) is 0.458.